The maximum Gasteiger partial charge on any atom is 0.201 e. The molecule has 0 amide bonds. The monoisotopic (exact) mass is 297 g/mol. The number of nitrogens with zero attached hydrogens (tertiary/aromatic N) is 2. The van der Waals surface area contributed by atoms with E-state index < -0.39 is 0 Å². The summed E-state index contributed by atoms with van der Waals surface area (Å²) in [4.78, 5) is 4.33. The second-order valence-electron chi connectivity index (χ2n) is 3.81. The van der Waals surface area contributed by atoms with Gasteiger partial charge in [-0.1, -0.05) is 15.9 Å². The molecule has 1 aromatic carbocycles. The van der Waals surface area contributed by atoms with E-state index in [4.69, 9.17) is 10.5 Å². The largest absolute Gasteiger partial charge is 0.382 e. The number of aryl methyl sites for hydroxylation is 1. The molecule has 5 heteroatoms. The van der Waals surface area contributed by atoms with E-state index in [0.717, 1.165) is 41.7 Å². The molecule has 0 aliphatic rings. The van der Waals surface area contributed by atoms with Crippen molar-refractivity contribution in [2.24, 2.45) is 0 Å². The zero-order chi connectivity index (χ0) is 12.3. The van der Waals surface area contributed by atoms with Gasteiger partial charge in [0.1, 0.15) is 0 Å². The minimum atomic E-state index is 0.564. The first kappa shape index (κ1) is 12.4. The van der Waals surface area contributed by atoms with Crippen LogP contribution < -0.4 is 5.73 Å². The van der Waals surface area contributed by atoms with Gasteiger partial charge >= 0.3 is 0 Å². The van der Waals surface area contributed by atoms with Crippen LogP contribution in [0.5, 0.6) is 0 Å². The Hall–Kier alpha value is -1.07. The summed E-state index contributed by atoms with van der Waals surface area (Å²) in [6, 6.07) is 5.98. The zero-order valence-electron chi connectivity index (χ0n) is 9.82. The first-order valence-electron chi connectivity index (χ1n) is 5.71. The fourth-order valence-electron chi connectivity index (χ4n) is 1.82. The molecular weight excluding hydrogens is 282 g/mol. The number of hydrogen-bond acceptors (Lipinski definition) is 3. The molecule has 2 rings (SSSR count). The Labute approximate surface area is 109 Å². The number of anilines is 1. The number of benzene rings is 1. The molecule has 0 aliphatic heterocycles. The SMILES string of the molecule is CCOCCCn1c(N)nc2ccc(Br)cc21. The van der Waals surface area contributed by atoms with E-state index in [0.29, 0.717) is 5.95 Å². The normalized spacial score (nSPS) is 11.2. The summed E-state index contributed by atoms with van der Waals surface area (Å²) in [6.07, 6.45) is 0.940. The van der Waals surface area contributed by atoms with Crippen LogP contribution in [0.1, 0.15) is 13.3 Å². The molecule has 0 radical (unpaired) electrons. The third-order valence-electron chi connectivity index (χ3n) is 2.61. The molecule has 1 aromatic heterocycles. The van der Waals surface area contributed by atoms with Gasteiger partial charge in [-0.05, 0) is 31.5 Å². The lowest BCUT2D eigenvalue weighted by Gasteiger charge is -2.06. The van der Waals surface area contributed by atoms with Crippen molar-refractivity contribution in [3.8, 4) is 0 Å². The van der Waals surface area contributed by atoms with E-state index in [1.807, 2.05) is 29.7 Å². The molecular formula is C12H16BrN3O. The highest BCUT2D eigenvalue weighted by Gasteiger charge is 2.07. The number of halogens is 1. The Morgan fingerprint density at radius 2 is 2.29 bits per heavy atom. The molecule has 92 valence electrons. The summed E-state index contributed by atoms with van der Waals surface area (Å²) in [7, 11) is 0. The van der Waals surface area contributed by atoms with Crippen molar-refractivity contribution in [3.63, 3.8) is 0 Å². The average molecular weight is 298 g/mol. The molecule has 0 aliphatic carbocycles. The van der Waals surface area contributed by atoms with E-state index >= 15 is 0 Å². The maximum absolute atomic E-state index is 5.91. The second kappa shape index (κ2) is 5.51. The fraction of sp³-hybridized carbons (Fsp3) is 0.417. The number of nitrogens with two attached hydrogens (primary N) is 1. The molecule has 0 fully saturated rings. The molecule has 2 N–H and O–H groups in total. The molecule has 17 heavy (non-hydrogen) atoms. The molecule has 0 spiro atoms. The van der Waals surface area contributed by atoms with Crippen molar-refractivity contribution in [2.75, 3.05) is 18.9 Å². The van der Waals surface area contributed by atoms with Gasteiger partial charge in [-0.25, -0.2) is 4.98 Å². The highest BCUT2D eigenvalue weighted by molar-refractivity contribution is 9.10. The van der Waals surface area contributed by atoms with Crippen LogP contribution in [0.3, 0.4) is 0 Å². The topological polar surface area (TPSA) is 53.1 Å². The number of aromatic nitrogens is 2. The summed E-state index contributed by atoms with van der Waals surface area (Å²) in [5.74, 6) is 0.564. The van der Waals surface area contributed by atoms with Crippen molar-refractivity contribution in [2.45, 2.75) is 19.9 Å². The molecule has 0 bridgehead atoms. The average Bonchev–Trinajstić information content (AvgIpc) is 2.61. The molecule has 0 unspecified atom stereocenters. The van der Waals surface area contributed by atoms with Gasteiger partial charge in [0.2, 0.25) is 5.95 Å². The van der Waals surface area contributed by atoms with Crippen LogP contribution in [-0.2, 0) is 11.3 Å². The summed E-state index contributed by atoms with van der Waals surface area (Å²) in [5.41, 5.74) is 7.91. The van der Waals surface area contributed by atoms with Crippen LogP contribution in [0.4, 0.5) is 5.95 Å². The molecule has 0 saturated heterocycles. The number of rotatable bonds is 5. The second-order valence-corrected chi connectivity index (χ2v) is 4.72. The van der Waals surface area contributed by atoms with Crippen LogP contribution in [0.15, 0.2) is 22.7 Å². The number of imidazole rings is 1. The molecule has 4 nitrogen and oxygen atoms in total. The zero-order valence-corrected chi connectivity index (χ0v) is 11.4. The van der Waals surface area contributed by atoms with Crippen molar-refractivity contribution in [1.29, 1.82) is 0 Å². The van der Waals surface area contributed by atoms with Crippen molar-refractivity contribution < 1.29 is 4.74 Å². The van der Waals surface area contributed by atoms with Crippen LogP contribution in [0.2, 0.25) is 0 Å². The van der Waals surface area contributed by atoms with Crippen LogP contribution >= 0.6 is 15.9 Å². The Morgan fingerprint density at radius 3 is 3.06 bits per heavy atom. The third kappa shape index (κ3) is 2.79. The highest BCUT2D eigenvalue weighted by Crippen LogP contribution is 2.22. The Bertz CT molecular complexity index is 510. The fourth-order valence-corrected chi connectivity index (χ4v) is 2.17. The van der Waals surface area contributed by atoms with Gasteiger partial charge in [-0.3, -0.25) is 0 Å². The molecule has 0 atom stereocenters. The quantitative estimate of drug-likeness (QED) is 0.864. The van der Waals surface area contributed by atoms with Gasteiger partial charge in [0.05, 0.1) is 11.0 Å². The minimum Gasteiger partial charge on any atom is -0.382 e. The van der Waals surface area contributed by atoms with Gasteiger partial charge in [0, 0.05) is 24.2 Å². The van der Waals surface area contributed by atoms with Gasteiger partial charge in [-0.2, -0.15) is 0 Å². The number of fused-ring (bicyclic) bond motifs is 1. The smallest absolute Gasteiger partial charge is 0.201 e. The summed E-state index contributed by atoms with van der Waals surface area (Å²) in [5, 5.41) is 0. The van der Waals surface area contributed by atoms with E-state index in [-0.39, 0.29) is 0 Å². The first-order chi connectivity index (χ1) is 8.22. The summed E-state index contributed by atoms with van der Waals surface area (Å²) >= 11 is 3.46. The maximum atomic E-state index is 5.91. The van der Waals surface area contributed by atoms with Gasteiger partial charge in [0.25, 0.3) is 0 Å². The van der Waals surface area contributed by atoms with Gasteiger partial charge < -0.3 is 15.0 Å². The lowest BCUT2D eigenvalue weighted by Crippen LogP contribution is -2.06. The van der Waals surface area contributed by atoms with Crippen LogP contribution in [-0.4, -0.2) is 22.8 Å². The molecule has 1 heterocycles. The standard InChI is InChI=1S/C12H16BrN3O/c1-2-17-7-3-6-16-11-8-9(13)4-5-10(11)15-12(16)14/h4-5,8H,2-3,6-7H2,1H3,(H2,14,15). The third-order valence-corrected chi connectivity index (χ3v) is 3.11. The number of nitrogen functional groups attached to an aromatic ring is 1. The lowest BCUT2D eigenvalue weighted by atomic mass is 10.3. The number of hydrogen-bond donors (Lipinski definition) is 1. The Balaban J connectivity index is 2.20. The van der Waals surface area contributed by atoms with Crippen LogP contribution in [0, 0.1) is 0 Å². The highest BCUT2D eigenvalue weighted by atomic mass is 79.9. The predicted molar refractivity (Wildman–Crippen MR) is 73.0 cm³/mol. The van der Waals surface area contributed by atoms with E-state index in [2.05, 4.69) is 20.9 Å². The number of ether oxygens (including phenoxy) is 1. The Morgan fingerprint density at radius 1 is 1.47 bits per heavy atom. The van der Waals surface area contributed by atoms with Gasteiger partial charge in [-0.15, -0.1) is 0 Å². The van der Waals surface area contributed by atoms with E-state index in [1.165, 1.54) is 0 Å². The van der Waals surface area contributed by atoms with Crippen LogP contribution in [0.25, 0.3) is 11.0 Å². The molecule has 2 aromatic rings. The molecule has 0 saturated carbocycles. The van der Waals surface area contributed by atoms with Crippen molar-refractivity contribution >= 4 is 32.9 Å². The van der Waals surface area contributed by atoms with Crippen molar-refractivity contribution in [3.05, 3.63) is 22.7 Å². The Kier molecular flexibility index (Phi) is 4.02. The van der Waals surface area contributed by atoms with E-state index in [1.54, 1.807) is 0 Å². The van der Waals surface area contributed by atoms with Crippen molar-refractivity contribution in [1.82, 2.24) is 9.55 Å². The summed E-state index contributed by atoms with van der Waals surface area (Å²) < 4.78 is 8.39. The lowest BCUT2D eigenvalue weighted by molar-refractivity contribution is 0.142. The first-order valence-corrected chi connectivity index (χ1v) is 6.50. The van der Waals surface area contributed by atoms with E-state index in [9.17, 15) is 0 Å². The summed E-state index contributed by atoms with van der Waals surface area (Å²) in [6.45, 7) is 4.34. The minimum absolute atomic E-state index is 0.564. The predicted octanol–water partition coefficient (Wildman–Crippen LogP) is 2.81. The van der Waals surface area contributed by atoms with Gasteiger partial charge in [0.15, 0.2) is 0 Å².